The molecule has 0 aromatic carbocycles. The van der Waals surface area contributed by atoms with Crippen LogP contribution in [-0.4, -0.2) is 62.6 Å². The van der Waals surface area contributed by atoms with Gasteiger partial charge in [0.25, 0.3) is 0 Å². The molecular formula is C19H30N4O2. The van der Waals surface area contributed by atoms with Crippen molar-refractivity contribution in [3.8, 4) is 0 Å². The van der Waals surface area contributed by atoms with Crippen LogP contribution in [-0.2, 0) is 24.7 Å². The van der Waals surface area contributed by atoms with Crippen molar-refractivity contribution in [1.82, 2.24) is 19.4 Å². The van der Waals surface area contributed by atoms with Gasteiger partial charge in [-0.3, -0.25) is 9.69 Å². The summed E-state index contributed by atoms with van der Waals surface area (Å²) in [6.07, 6.45) is 8.12. The van der Waals surface area contributed by atoms with Crippen molar-refractivity contribution in [2.45, 2.75) is 63.5 Å². The van der Waals surface area contributed by atoms with Crippen molar-refractivity contribution in [3.05, 3.63) is 17.2 Å². The third-order valence-electron chi connectivity index (χ3n) is 6.12. The number of hydrogen-bond acceptors (Lipinski definition) is 4. The van der Waals surface area contributed by atoms with E-state index >= 15 is 0 Å². The Hall–Kier alpha value is -1.40. The van der Waals surface area contributed by atoms with Gasteiger partial charge in [-0.25, -0.2) is 4.98 Å². The largest absolute Gasteiger partial charge is 0.390 e. The predicted octanol–water partition coefficient (Wildman–Crippen LogP) is 1.42. The first kappa shape index (κ1) is 17.0. The molecule has 1 aliphatic carbocycles. The molecule has 0 bridgehead atoms. The fourth-order valence-corrected chi connectivity index (χ4v) is 4.82. The molecule has 1 amide bonds. The third kappa shape index (κ3) is 3.34. The third-order valence-corrected chi connectivity index (χ3v) is 6.12. The summed E-state index contributed by atoms with van der Waals surface area (Å²) in [6.45, 7) is 2.91. The number of nitrogens with zero attached hydrogens (tertiary/aromatic N) is 4. The number of aromatic nitrogens is 2. The average Bonchev–Trinajstić information content (AvgIpc) is 3.29. The van der Waals surface area contributed by atoms with Crippen molar-refractivity contribution in [2.75, 3.05) is 26.2 Å². The molecule has 0 spiro atoms. The van der Waals surface area contributed by atoms with Crippen LogP contribution in [0.15, 0.2) is 0 Å². The number of aliphatic hydroxyl groups is 1. The maximum Gasteiger partial charge on any atom is 0.222 e. The molecule has 3 aliphatic rings. The summed E-state index contributed by atoms with van der Waals surface area (Å²) in [4.78, 5) is 20.9. The Labute approximate surface area is 149 Å². The molecule has 1 aromatic rings. The summed E-state index contributed by atoms with van der Waals surface area (Å²) in [5.74, 6) is 1.36. The number of amides is 1. The van der Waals surface area contributed by atoms with Crippen LogP contribution in [0, 0.1) is 0 Å². The van der Waals surface area contributed by atoms with Crippen LogP contribution in [0.25, 0.3) is 0 Å². The highest BCUT2D eigenvalue weighted by atomic mass is 16.3. The van der Waals surface area contributed by atoms with Crippen molar-refractivity contribution in [1.29, 1.82) is 0 Å². The summed E-state index contributed by atoms with van der Waals surface area (Å²) in [5.41, 5.74) is 2.70. The molecule has 6 nitrogen and oxygen atoms in total. The van der Waals surface area contributed by atoms with Crippen LogP contribution in [0.4, 0.5) is 0 Å². The second-order valence-electron chi connectivity index (χ2n) is 7.88. The lowest BCUT2D eigenvalue weighted by Gasteiger charge is -2.28. The van der Waals surface area contributed by atoms with E-state index in [2.05, 4.69) is 16.5 Å². The van der Waals surface area contributed by atoms with Gasteiger partial charge in [0.05, 0.1) is 17.8 Å². The van der Waals surface area contributed by atoms with E-state index in [1.165, 1.54) is 30.1 Å². The van der Waals surface area contributed by atoms with Gasteiger partial charge in [-0.05, 0) is 51.5 Å². The molecule has 2 fully saturated rings. The summed E-state index contributed by atoms with van der Waals surface area (Å²) in [6, 6.07) is 0.305. The van der Waals surface area contributed by atoms with Gasteiger partial charge in [0.15, 0.2) is 0 Å². The van der Waals surface area contributed by atoms with E-state index in [9.17, 15) is 9.90 Å². The van der Waals surface area contributed by atoms with E-state index in [-0.39, 0.29) is 5.91 Å². The molecule has 25 heavy (non-hydrogen) atoms. The second-order valence-corrected chi connectivity index (χ2v) is 7.88. The van der Waals surface area contributed by atoms with Crippen LogP contribution in [0.3, 0.4) is 0 Å². The van der Waals surface area contributed by atoms with Gasteiger partial charge in [-0.1, -0.05) is 0 Å². The molecule has 4 rings (SSSR count). The minimum atomic E-state index is -0.474. The van der Waals surface area contributed by atoms with E-state index in [0.717, 1.165) is 45.2 Å². The van der Waals surface area contributed by atoms with Crippen molar-refractivity contribution in [3.63, 3.8) is 0 Å². The molecule has 6 heteroatoms. The Morgan fingerprint density at radius 3 is 2.72 bits per heavy atom. The maximum atomic E-state index is 11.8. The first-order valence-electron chi connectivity index (χ1n) is 9.87. The minimum Gasteiger partial charge on any atom is -0.390 e. The van der Waals surface area contributed by atoms with Gasteiger partial charge in [-0.2, -0.15) is 0 Å². The quantitative estimate of drug-likeness (QED) is 0.876. The van der Waals surface area contributed by atoms with Gasteiger partial charge < -0.3 is 14.6 Å². The Kier molecular flexibility index (Phi) is 4.82. The van der Waals surface area contributed by atoms with Gasteiger partial charge in [0, 0.05) is 38.8 Å². The zero-order valence-corrected chi connectivity index (χ0v) is 15.3. The number of aryl methyl sites for hydroxylation is 1. The SMILES string of the molecule is Cn1c(C2CCCN2CC(O)CN2CCCC2=O)nc2c1CCCC2. The van der Waals surface area contributed by atoms with Crippen LogP contribution in [0.5, 0.6) is 0 Å². The molecular weight excluding hydrogens is 316 g/mol. The highest BCUT2D eigenvalue weighted by Gasteiger charge is 2.33. The molecule has 1 N–H and O–H groups in total. The van der Waals surface area contributed by atoms with Crippen molar-refractivity contribution < 1.29 is 9.90 Å². The van der Waals surface area contributed by atoms with E-state index in [0.29, 0.717) is 25.6 Å². The first-order valence-corrected chi connectivity index (χ1v) is 9.87. The number of β-amino-alcohol motifs (C(OH)–C–C–N with tert-alkyl or cyclic N) is 1. The lowest BCUT2D eigenvalue weighted by molar-refractivity contribution is -0.129. The summed E-state index contributed by atoms with van der Waals surface area (Å²) in [7, 11) is 2.16. The van der Waals surface area contributed by atoms with E-state index < -0.39 is 6.10 Å². The Bertz CT molecular complexity index is 642. The van der Waals surface area contributed by atoms with Crippen molar-refractivity contribution >= 4 is 5.91 Å². The van der Waals surface area contributed by atoms with Crippen LogP contribution in [0.1, 0.15) is 61.8 Å². The van der Waals surface area contributed by atoms with Crippen LogP contribution < -0.4 is 0 Å². The van der Waals surface area contributed by atoms with Crippen LogP contribution >= 0.6 is 0 Å². The summed E-state index contributed by atoms with van der Waals surface area (Å²) in [5, 5.41) is 10.5. The molecule has 1 aromatic heterocycles. The molecule has 2 saturated heterocycles. The fraction of sp³-hybridized carbons (Fsp3) is 0.789. The van der Waals surface area contributed by atoms with Gasteiger partial charge in [0.1, 0.15) is 5.82 Å². The molecule has 2 aliphatic heterocycles. The number of imidazole rings is 1. The monoisotopic (exact) mass is 346 g/mol. The molecule has 0 saturated carbocycles. The highest BCUT2D eigenvalue weighted by Crippen LogP contribution is 2.33. The summed E-state index contributed by atoms with van der Waals surface area (Å²) < 4.78 is 2.31. The average molecular weight is 346 g/mol. The second kappa shape index (κ2) is 7.08. The molecule has 2 unspecified atom stereocenters. The Balaban J connectivity index is 1.44. The number of carbonyl (C=O) groups is 1. The smallest absolute Gasteiger partial charge is 0.222 e. The lowest BCUT2D eigenvalue weighted by atomic mass is 10.0. The molecule has 138 valence electrons. The van der Waals surface area contributed by atoms with Gasteiger partial charge in [0.2, 0.25) is 5.91 Å². The minimum absolute atomic E-state index is 0.189. The first-order chi connectivity index (χ1) is 12.1. The normalized spacial score (nSPS) is 25.6. The number of rotatable bonds is 5. The Morgan fingerprint density at radius 1 is 1.12 bits per heavy atom. The standard InChI is InChI=1S/C19H30N4O2/c1-21-16-7-3-2-6-15(16)20-19(21)17-8-4-10-22(17)12-14(24)13-23-11-5-9-18(23)25/h14,17,24H,2-13H2,1H3. The summed E-state index contributed by atoms with van der Waals surface area (Å²) >= 11 is 0. The number of carbonyl (C=O) groups excluding carboxylic acids is 1. The fourth-order valence-electron chi connectivity index (χ4n) is 4.82. The number of fused-ring (bicyclic) bond motifs is 1. The zero-order valence-electron chi connectivity index (χ0n) is 15.3. The number of aliphatic hydroxyl groups excluding tert-OH is 1. The van der Waals surface area contributed by atoms with E-state index in [4.69, 9.17) is 4.98 Å². The number of hydrogen-bond donors (Lipinski definition) is 1. The Morgan fingerprint density at radius 2 is 1.96 bits per heavy atom. The predicted molar refractivity (Wildman–Crippen MR) is 95.2 cm³/mol. The van der Waals surface area contributed by atoms with Gasteiger partial charge >= 0.3 is 0 Å². The van der Waals surface area contributed by atoms with Gasteiger partial charge in [-0.15, -0.1) is 0 Å². The maximum absolute atomic E-state index is 11.8. The number of likely N-dealkylation sites (tertiary alicyclic amines) is 2. The highest BCUT2D eigenvalue weighted by molar-refractivity contribution is 5.78. The zero-order chi connectivity index (χ0) is 17.4. The topological polar surface area (TPSA) is 61.6 Å². The van der Waals surface area contributed by atoms with E-state index in [1.54, 1.807) is 0 Å². The lowest BCUT2D eigenvalue weighted by Crippen LogP contribution is -2.41. The van der Waals surface area contributed by atoms with Crippen LogP contribution in [0.2, 0.25) is 0 Å². The molecule has 0 radical (unpaired) electrons. The molecule has 2 atom stereocenters. The molecule has 3 heterocycles. The van der Waals surface area contributed by atoms with Crippen molar-refractivity contribution in [2.24, 2.45) is 7.05 Å². The van der Waals surface area contributed by atoms with E-state index in [1.807, 2.05) is 4.90 Å².